The first-order valence-corrected chi connectivity index (χ1v) is 7.18. The molecule has 0 aliphatic carbocycles. The number of hydrogen-bond donors (Lipinski definition) is 1. The summed E-state index contributed by atoms with van der Waals surface area (Å²) in [6, 6.07) is 3.97. The first kappa shape index (κ1) is 14.7. The van der Waals surface area contributed by atoms with Gasteiger partial charge in [-0.15, -0.1) is 11.3 Å². The molecule has 20 heavy (non-hydrogen) atoms. The average Bonchev–Trinajstić information content (AvgIpc) is 2.97. The minimum atomic E-state index is -0.211. The first-order valence-electron chi connectivity index (χ1n) is 6.36. The van der Waals surface area contributed by atoms with Crippen LogP contribution < -0.4 is 5.32 Å². The smallest absolute Gasteiger partial charge is 0.310 e. The number of methoxy groups -OCH3 is 1. The Hall–Kier alpha value is -1.66. The second-order valence-electron chi connectivity index (χ2n) is 4.47. The Bertz CT molecular complexity index is 570. The Morgan fingerprint density at radius 1 is 1.35 bits per heavy atom. The van der Waals surface area contributed by atoms with Crippen LogP contribution in [0.3, 0.4) is 0 Å². The molecule has 0 saturated heterocycles. The summed E-state index contributed by atoms with van der Waals surface area (Å²) in [4.78, 5) is 17.7. The number of hydrogen-bond acceptors (Lipinski definition) is 6. The average molecular weight is 294 g/mol. The molecule has 0 unspecified atom stereocenters. The quantitative estimate of drug-likeness (QED) is 0.829. The lowest BCUT2D eigenvalue weighted by Crippen LogP contribution is -2.11. The van der Waals surface area contributed by atoms with Crippen molar-refractivity contribution in [3.05, 3.63) is 39.2 Å². The van der Waals surface area contributed by atoms with Gasteiger partial charge in [-0.2, -0.15) is 0 Å². The molecular weight excluding hydrogens is 276 g/mol. The van der Waals surface area contributed by atoms with Crippen molar-refractivity contribution in [2.45, 2.75) is 33.4 Å². The van der Waals surface area contributed by atoms with Gasteiger partial charge in [0, 0.05) is 16.3 Å². The van der Waals surface area contributed by atoms with Crippen LogP contribution in [0, 0.1) is 13.8 Å². The van der Waals surface area contributed by atoms with Crippen LogP contribution in [0.1, 0.15) is 27.1 Å². The minimum Gasteiger partial charge on any atom is -0.469 e. The van der Waals surface area contributed by atoms with Gasteiger partial charge in [-0.3, -0.25) is 4.79 Å². The Balaban J connectivity index is 1.81. The van der Waals surface area contributed by atoms with E-state index in [-0.39, 0.29) is 5.97 Å². The maximum atomic E-state index is 11.2. The highest BCUT2D eigenvalue weighted by Crippen LogP contribution is 2.17. The summed E-state index contributed by atoms with van der Waals surface area (Å²) in [5.41, 5.74) is 0.929. The fraction of sp³-hybridized carbons (Fsp3) is 0.429. The molecule has 0 saturated carbocycles. The number of oxazole rings is 1. The number of thiophene rings is 1. The Labute approximate surface area is 122 Å². The van der Waals surface area contributed by atoms with E-state index in [0.29, 0.717) is 18.9 Å². The molecule has 0 bridgehead atoms. The molecule has 0 aliphatic rings. The SMILES string of the molecule is COC(=O)Cc1ccc(CNCc2nc(C)c(C)o2)s1. The number of aromatic nitrogens is 1. The number of carbonyl (C=O) groups is 1. The molecule has 0 fully saturated rings. The Morgan fingerprint density at radius 2 is 2.10 bits per heavy atom. The van der Waals surface area contributed by atoms with Gasteiger partial charge in [-0.1, -0.05) is 0 Å². The zero-order valence-electron chi connectivity index (χ0n) is 11.9. The van der Waals surface area contributed by atoms with E-state index >= 15 is 0 Å². The fourth-order valence-corrected chi connectivity index (χ4v) is 2.71. The molecule has 0 atom stereocenters. The van der Waals surface area contributed by atoms with E-state index in [9.17, 15) is 4.79 Å². The zero-order chi connectivity index (χ0) is 14.5. The number of esters is 1. The number of nitrogens with one attached hydrogen (secondary N) is 1. The molecule has 5 nitrogen and oxygen atoms in total. The number of ether oxygens (including phenoxy) is 1. The summed E-state index contributed by atoms with van der Waals surface area (Å²) in [7, 11) is 1.40. The van der Waals surface area contributed by atoms with E-state index in [2.05, 4.69) is 15.0 Å². The standard InChI is InChI=1S/C14H18N2O3S/c1-9-10(2)19-13(16-9)8-15-7-12-5-4-11(20-12)6-14(17)18-3/h4-5,15H,6-8H2,1-3H3. The third-order valence-electron chi connectivity index (χ3n) is 2.91. The summed E-state index contributed by atoms with van der Waals surface area (Å²) < 4.78 is 10.1. The van der Waals surface area contributed by atoms with E-state index in [1.54, 1.807) is 11.3 Å². The number of rotatable bonds is 6. The Kier molecular flexibility index (Phi) is 4.92. The largest absolute Gasteiger partial charge is 0.469 e. The van der Waals surface area contributed by atoms with Crippen LogP contribution in [0.25, 0.3) is 0 Å². The summed E-state index contributed by atoms with van der Waals surface area (Å²) in [5.74, 6) is 1.35. The summed E-state index contributed by atoms with van der Waals surface area (Å²) in [6.07, 6.45) is 0.333. The van der Waals surface area contributed by atoms with Crippen LogP contribution in [0.15, 0.2) is 16.5 Å². The van der Waals surface area contributed by atoms with Crippen molar-refractivity contribution >= 4 is 17.3 Å². The van der Waals surface area contributed by atoms with E-state index in [1.165, 1.54) is 12.0 Å². The van der Waals surface area contributed by atoms with Crippen molar-refractivity contribution in [3.8, 4) is 0 Å². The molecule has 2 aromatic rings. The predicted octanol–water partition coefficient (Wildman–Crippen LogP) is 2.36. The van der Waals surface area contributed by atoms with Crippen molar-refractivity contribution in [3.63, 3.8) is 0 Å². The Morgan fingerprint density at radius 3 is 2.75 bits per heavy atom. The van der Waals surface area contributed by atoms with Gasteiger partial charge in [-0.05, 0) is 26.0 Å². The molecule has 6 heteroatoms. The highest BCUT2D eigenvalue weighted by atomic mass is 32.1. The van der Waals surface area contributed by atoms with Gasteiger partial charge in [0.2, 0.25) is 5.89 Å². The molecule has 0 aliphatic heterocycles. The number of aryl methyl sites for hydroxylation is 2. The lowest BCUT2D eigenvalue weighted by Gasteiger charge is -1.99. The number of nitrogens with zero attached hydrogens (tertiary/aromatic N) is 1. The van der Waals surface area contributed by atoms with E-state index in [1.807, 2.05) is 26.0 Å². The summed E-state index contributed by atoms with van der Waals surface area (Å²) in [5, 5.41) is 3.28. The van der Waals surface area contributed by atoms with Gasteiger partial charge < -0.3 is 14.5 Å². The predicted molar refractivity (Wildman–Crippen MR) is 76.6 cm³/mol. The van der Waals surface area contributed by atoms with Crippen LogP contribution >= 0.6 is 11.3 Å². The van der Waals surface area contributed by atoms with Gasteiger partial charge in [0.1, 0.15) is 5.76 Å². The van der Waals surface area contributed by atoms with E-state index in [4.69, 9.17) is 4.42 Å². The second kappa shape index (κ2) is 6.67. The van der Waals surface area contributed by atoms with E-state index < -0.39 is 0 Å². The molecular formula is C14H18N2O3S. The molecule has 1 N–H and O–H groups in total. The van der Waals surface area contributed by atoms with Crippen molar-refractivity contribution in [2.24, 2.45) is 0 Å². The minimum absolute atomic E-state index is 0.211. The van der Waals surface area contributed by atoms with Crippen molar-refractivity contribution in [2.75, 3.05) is 7.11 Å². The second-order valence-corrected chi connectivity index (χ2v) is 5.73. The van der Waals surface area contributed by atoms with Gasteiger partial charge in [0.25, 0.3) is 0 Å². The van der Waals surface area contributed by atoms with Crippen molar-refractivity contribution in [1.29, 1.82) is 0 Å². The van der Waals surface area contributed by atoms with Gasteiger partial charge in [-0.25, -0.2) is 4.98 Å². The zero-order valence-corrected chi connectivity index (χ0v) is 12.7. The van der Waals surface area contributed by atoms with Gasteiger partial charge >= 0.3 is 5.97 Å². The monoisotopic (exact) mass is 294 g/mol. The lowest BCUT2D eigenvalue weighted by molar-refractivity contribution is -0.139. The third kappa shape index (κ3) is 3.91. The first-order chi connectivity index (χ1) is 9.58. The van der Waals surface area contributed by atoms with Crippen LogP contribution in [-0.2, 0) is 29.0 Å². The highest BCUT2D eigenvalue weighted by molar-refractivity contribution is 7.12. The summed E-state index contributed by atoms with van der Waals surface area (Å²) >= 11 is 1.61. The molecule has 0 spiro atoms. The topological polar surface area (TPSA) is 64.4 Å². The third-order valence-corrected chi connectivity index (χ3v) is 4.00. The van der Waals surface area contributed by atoms with Crippen LogP contribution in [-0.4, -0.2) is 18.1 Å². The van der Waals surface area contributed by atoms with Gasteiger partial charge in [0.15, 0.2) is 0 Å². The van der Waals surface area contributed by atoms with Gasteiger partial charge in [0.05, 0.1) is 25.8 Å². The maximum Gasteiger partial charge on any atom is 0.310 e. The van der Waals surface area contributed by atoms with Crippen LogP contribution in [0.2, 0.25) is 0 Å². The van der Waals surface area contributed by atoms with Crippen LogP contribution in [0.5, 0.6) is 0 Å². The maximum absolute atomic E-state index is 11.2. The lowest BCUT2D eigenvalue weighted by atomic mass is 10.3. The molecule has 0 aromatic carbocycles. The summed E-state index contributed by atoms with van der Waals surface area (Å²) in [6.45, 7) is 5.16. The van der Waals surface area contributed by atoms with Crippen molar-refractivity contribution < 1.29 is 13.9 Å². The molecule has 0 radical (unpaired) electrons. The van der Waals surface area contributed by atoms with Crippen LogP contribution in [0.4, 0.5) is 0 Å². The highest BCUT2D eigenvalue weighted by Gasteiger charge is 2.07. The normalized spacial score (nSPS) is 10.8. The molecule has 108 valence electrons. The molecule has 0 amide bonds. The van der Waals surface area contributed by atoms with Crippen molar-refractivity contribution in [1.82, 2.24) is 10.3 Å². The molecule has 2 heterocycles. The number of carbonyl (C=O) groups excluding carboxylic acids is 1. The van der Waals surface area contributed by atoms with E-state index in [0.717, 1.165) is 22.9 Å². The fourth-order valence-electron chi connectivity index (χ4n) is 1.73. The molecule has 2 rings (SSSR count). The molecule has 2 aromatic heterocycles.